The molecule has 6 heteroatoms. The van der Waals surface area contributed by atoms with Gasteiger partial charge in [0.25, 0.3) is 0 Å². The second-order valence-electron chi connectivity index (χ2n) is 8.39. The molecule has 3 aromatic rings. The zero-order chi connectivity index (χ0) is 21.9. The summed E-state index contributed by atoms with van der Waals surface area (Å²) in [6, 6.07) is 16.7. The molecule has 0 saturated carbocycles. The Hall–Kier alpha value is -2.96. The molecule has 0 radical (unpaired) electrons. The van der Waals surface area contributed by atoms with Gasteiger partial charge in [-0.2, -0.15) is 0 Å². The van der Waals surface area contributed by atoms with Crippen LogP contribution in [0.3, 0.4) is 0 Å². The Kier molecular flexibility index (Phi) is 6.06. The van der Waals surface area contributed by atoms with Gasteiger partial charge in [-0.05, 0) is 82.6 Å². The highest BCUT2D eigenvalue weighted by Crippen LogP contribution is 2.28. The third-order valence-electron chi connectivity index (χ3n) is 6.14. The summed E-state index contributed by atoms with van der Waals surface area (Å²) in [5, 5.41) is 4.51. The molecule has 2 aliphatic rings. The molecule has 0 amide bonds. The van der Waals surface area contributed by atoms with Gasteiger partial charge in [0, 0.05) is 0 Å². The molecule has 2 saturated heterocycles. The van der Waals surface area contributed by atoms with Gasteiger partial charge in [-0.15, -0.1) is 0 Å². The molecular formula is C26H26O6. The first-order chi connectivity index (χ1) is 15.7. The minimum absolute atomic E-state index is 0.274. The highest BCUT2D eigenvalue weighted by Gasteiger charge is 2.26. The van der Waals surface area contributed by atoms with Crippen molar-refractivity contribution < 1.29 is 28.5 Å². The van der Waals surface area contributed by atoms with Crippen molar-refractivity contribution in [1.82, 2.24) is 0 Å². The largest absolute Gasteiger partial charge is 0.464 e. The normalized spacial score (nSPS) is 21.5. The van der Waals surface area contributed by atoms with E-state index >= 15 is 0 Å². The van der Waals surface area contributed by atoms with Crippen LogP contribution in [0.5, 0.6) is 0 Å². The van der Waals surface area contributed by atoms with Crippen molar-refractivity contribution in [3.05, 3.63) is 59.7 Å². The molecule has 2 aliphatic heterocycles. The highest BCUT2D eigenvalue weighted by molar-refractivity contribution is 5.98. The van der Waals surface area contributed by atoms with Gasteiger partial charge in [-0.1, -0.05) is 24.3 Å². The number of carbonyl (C=O) groups excluding carboxylic acids is 2. The van der Waals surface area contributed by atoms with E-state index in [1.807, 2.05) is 12.1 Å². The maximum Gasteiger partial charge on any atom is 0.335 e. The summed E-state index contributed by atoms with van der Waals surface area (Å²) in [5.41, 5.74) is 1.88. The summed E-state index contributed by atoms with van der Waals surface area (Å²) in [6.45, 7) is 1.46. The molecule has 2 fully saturated rings. The highest BCUT2D eigenvalue weighted by atomic mass is 16.6. The molecule has 0 N–H and O–H groups in total. The minimum Gasteiger partial charge on any atom is -0.464 e. The molecule has 0 bridgehead atoms. The Bertz CT molecular complexity index is 1060. The van der Waals surface area contributed by atoms with Gasteiger partial charge in [0.2, 0.25) is 0 Å². The molecule has 5 rings (SSSR count). The van der Waals surface area contributed by atoms with Crippen LogP contribution in [0.15, 0.2) is 48.5 Å². The van der Waals surface area contributed by atoms with E-state index in [1.54, 1.807) is 0 Å². The first-order valence-electron chi connectivity index (χ1n) is 11.2. The molecule has 0 aromatic heterocycles. The maximum absolute atomic E-state index is 12.0. The zero-order valence-electron chi connectivity index (χ0n) is 17.9. The number of ether oxygens (including phenoxy) is 4. The number of hydrogen-bond donors (Lipinski definition) is 0. The average Bonchev–Trinajstić information content (AvgIpc) is 2.81. The number of hydrogen-bond acceptors (Lipinski definition) is 6. The summed E-state index contributed by atoms with van der Waals surface area (Å²) in [7, 11) is 0. The Labute approximate surface area is 186 Å². The van der Waals surface area contributed by atoms with Crippen molar-refractivity contribution in [2.45, 2.75) is 51.1 Å². The Morgan fingerprint density at radius 2 is 1.16 bits per heavy atom. The monoisotopic (exact) mass is 434 g/mol. The first kappa shape index (κ1) is 20.9. The van der Waals surface area contributed by atoms with Crippen LogP contribution in [0, 0.1) is 0 Å². The second kappa shape index (κ2) is 9.27. The van der Waals surface area contributed by atoms with E-state index in [4.69, 9.17) is 18.9 Å². The van der Waals surface area contributed by atoms with E-state index in [0.717, 1.165) is 45.5 Å². The van der Waals surface area contributed by atoms with Gasteiger partial charge in [0.05, 0.1) is 26.4 Å². The van der Waals surface area contributed by atoms with Crippen molar-refractivity contribution in [2.24, 2.45) is 0 Å². The number of esters is 2. The van der Waals surface area contributed by atoms with Crippen LogP contribution in [-0.4, -0.2) is 37.4 Å². The lowest BCUT2D eigenvalue weighted by Crippen LogP contribution is -2.32. The second-order valence-corrected chi connectivity index (χ2v) is 8.39. The van der Waals surface area contributed by atoms with Crippen LogP contribution in [0.2, 0.25) is 0 Å². The lowest BCUT2D eigenvalue weighted by molar-refractivity contribution is -0.165. The fourth-order valence-electron chi connectivity index (χ4n) is 4.34. The summed E-state index contributed by atoms with van der Waals surface area (Å²) < 4.78 is 22.2. The summed E-state index contributed by atoms with van der Waals surface area (Å²) >= 11 is 0. The van der Waals surface area contributed by atoms with Crippen molar-refractivity contribution in [1.29, 1.82) is 0 Å². The van der Waals surface area contributed by atoms with Gasteiger partial charge in [0.1, 0.15) is 0 Å². The molecule has 2 heterocycles. The number of fused-ring (bicyclic) bond motifs is 2. The van der Waals surface area contributed by atoms with Crippen molar-refractivity contribution >= 4 is 33.5 Å². The quantitative estimate of drug-likeness (QED) is 0.422. The molecule has 2 atom stereocenters. The summed E-state index contributed by atoms with van der Waals surface area (Å²) in [4.78, 5) is 24.0. The van der Waals surface area contributed by atoms with Crippen molar-refractivity contribution in [3.8, 4) is 0 Å². The number of cyclic esters (lactones) is 2. The molecule has 3 aromatic carbocycles. The lowest BCUT2D eigenvalue weighted by Gasteiger charge is -2.23. The molecular weight excluding hydrogens is 408 g/mol. The van der Waals surface area contributed by atoms with E-state index in [9.17, 15) is 9.59 Å². The van der Waals surface area contributed by atoms with Crippen LogP contribution >= 0.6 is 0 Å². The first-order valence-corrected chi connectivity index (χ1v) is 11.2. The molecule has 0 aliphatic carbocycles. The topological polar surface area (TPSA) is 71.1 Å². The Morgan fingerprint density at radius 1 is 0.688 bits per heavy atom. The van der Waals surface area contributed by atoms with Crippen LogP contribution < -0.4 is 0 Å². The maximum atomic E-state index is 12.0. The minimum atomic E-state index is -0.543. The van der Waals surface area contributed by atoms with Gasteiger partial charge < -0.3 is 18.9 Å². The molecule has 166 valence electrons. The predicted molar refractivity (Wildman–Crippen MR) is 119 cm³/mol. The summed E-state index contributed by atoms with van der Waals surface area (Å²) in [5.74, 6) is -0.600. The number of carbonyl (C=O) groups is 2. The zero-order valence-corrected chi connectivity index (χ0v) is 17.9. The van der Waals surface area contributed by atoms with Gasteiger partial charge >= 0.3 is 11.9 Å². The van der Waals surface area contributed by atoms with E-state index in [1.165, 1.54) is 0 Å². The van der Waals surface area contributed by atoms with E-state index in [2.05, 4.69) is 36.4 Å². The third kappa shape index (κ3) is 4.47. The fourth-order valence-corrected chi connectivity index (χ4v) is 4.34. The standard InChI is InChI=1S/C26H26O6/c27-25-23(7-3-9-29-25)31-15-21-13-19-11-17-5-1-2-6-18(17)12-20(19)14-22(21)16-32-24-8-4-10-30-26(24)28/h1-2,5-6,11-14,23-24H,3-4,7-10,15-16H2. The van der Waals surface area contributed by atoms with Gasteiger partial charge in [-0.3, -0.25) is 0 Å². The predicted octanol–water partition coefficient (Wildman–Crippen LogP) is 4.44. The number of rotatable bonds is 6. The van der Waals surface area contributed by atoms with Crippen LogP contribution in [0.1, 0.15) is 36.8 Å². The summed E-state index contributed by atoms with van der Waals surface area (Å²) in [6.07, 6.45) is 1.85. The number of benzene rings is 3. The smallest absolute Gasteiger partial charge is 0.335 e. The van der Waals surface area contributed by atoms with E-state index in [-0.39, 0.29) is 25.2 Å². The van der Waals surface area contributed by atoms with Crippen molar-refractivity contribution in [2.75, 3.05) is 13.2 Å². The van der Waals surface area contributed by atoms with Crippen LogP contribution in [-0.2, 0) is 41.8 Å². The Balaban J connectivity index is 1.44. The van der Waals surface area contributed by atoms with Gasteiger partial charge in [-0.25, -0.2) is 9.59 Å². The van der Waals surface area contributed by atoms with E-state index < -0.39 is 12.2 Å². The van der Waals surface area contributed by atoms with Crippen LogP contribution in [0.4, 0.5) is 0 Å². The van der Waals surface area contributed by atoms with E-state index in [0.29, 0.717) is 26.1 Å². The van der Waals surface area contributed by atoms with Crippen molar-refractivity contribution in [3.63, 3.8) is 0 Å². The third-order valence-corrected chi connectivity index (χ3v) is 6.14. The average molecular weight is 434 g/mol. The van der Waals surface area contributed by atoms with Gasteiger partial charge in [0.15, 0.2) is 12.2 Å². The molecule has 6 nitrogen and oxygen atoms in total. The molecule has 32 heavy (non-hydrogen) atoms. The Morgan fingerprint density at radius 3 is 1.59 bits per heavy atom. The molecule has 0 spiro atoms. The lowest BCUT2D eigenvalue weighted by atomic mass is 9.98. The fraction of sp³-hybridized carbons (Fsp3) is 0.385. The molecule has 2 unspecified atom stereocenters. The van der Waals surface area contributed by atoms with Crippen LogP contribution in [0.25, 0.3) is 21.5 Å². The SMILES string of the molecule is O=C1OCCCC1OCc1cc2cc3ccccc3cc2cc1COC1CCCOC1=O.